The monoisotopic (exact) mass is 299 g/mol. The maximum Gasteiger partial charge on any atom is 0.277 e. The Balaban J connectivity index is 2.65. The molecule has 0 fully saturated rings. The van der Waals surface area contributed by atoms with E-state index in [1.807, 2.05) is 0 Å². The molecule has 1 amide bonds. The summed E-state index contributed by atoms with van der Waals surface area (Å²) in [5.41, 5.74) is 1.36. The lowest BCUT2D eigenvalue weighted by Gasteiger charge is -2.12. The number of nitrogens with one attached hydrogen (secondary N) is 2. The van der Waals surface area contributed by atoms with Crippen LogP contribution in [0.25, 0.3) is 0 Å². The molecular weight excluding hydrogens is 278 g/mol. The van der Waals surface area contributed by atoms with Crippen LogP contribution in [0.15, 0.2) is 24.3 Å². The Morgan fingerprint density at radius 3 is 2.20 bits per heavy atom. The molecule has 7 heteroatoms. The van der Waals surface area contributed by atoms with Crippen LogP contribution in [0.5, 0.6) is 0 Å². The van der Waals surface area contributed by atoms with Crippen molar-refractivity contribution in [1.82, 2.24) is 14.3 Å². The molecule has 1 rings (SSSR count). The van der Waals surface area contributed by atoms with Gasteiger partial charge in [0.05, 0.1) is 0 Å². The van der Waals surface area contributed by atoms with Crippen molar-refractivity contribution in [3.8, 4) is 0 Å². The summed E-state index contributed by atoms with van der Waals surface area (Å²) >= 11 is 0. The van der Waals surface area contributed by atoms with Crippen molar-refractivity contribution in [3.63, 3.8) is 0 Å². The van der Waals surface area contributed by atoms with E-state index in [0.29, 0.717) is 5.56 Å². The van der Waals surface area contributed by atoms with Crippen LogP contribution in [0.1, 0.15) is 29.8 Å². The van der Waals surface area contributed by atoms with E-state index in [4.69, 9.17) is 0 Å². The van der Waals surface area contributed by atoms with Gasteiger partial charge in [0.1, 0.15) is 0 Å². The number of hydrogen-bond acceptors (Lipinski definition) is 3. The zero-order valence-electron chi connectivity index (χ0n) is 12.2. The Kier molecular flexibility index (Phi) is 5.67. The largest absolute Gasteiger partial charge is 0.345 e. The molecule has 0 spiro atoms. The fourth-order valence-electron chi connectivity index (χ4n) is 1.55. The van der Waals surface area contributed by atoms with Gasteiger partial charge >= 0.3 is 0 Å². The number of amides is 1. The van der Waals surface area contributed by atoms with Gasteiger partial charge in [0.2, 0.25) is 0 Å². The molecule has 0 aliphatic carbocycles. The lowest BCUT2D eigenvalue weighted by Crippen LogP contribution is -2.39. The fourth-order valence-corrected chi connectivity index (χ4v) is 2.61. The first-order valence-corrected chi connectivity index (χ1v) is 7.77. The first-order valence-electron chi connectivity index (χ1n) is 6.29. The summed E-state index contributed by atoms with van der Waals surface area (Å²) in [6, 6.07) is 6.67. The highest BCUT2D eigenvalue weighted by Gasteiger charge is 2.11. The lowest BCUT2D eigenvalue weighted by atomic mass is 10.1. The summed E-state index contributed by atoms with van der Waals surface area (Å²) in [5.74, 6) is -0.0846. The Morgan fingerprint density at radius 2 is 1.75 bits per heavy atom. The van der Waals surface area contributed by atoms with Crippen molar-refractivity contribution in [2.75, 3.05) is 14.1 Å². The number of benzene rings is 1. The molecule has 2 N–H and O–H groups in total. The molecule has 0 aliphatic heterocycles. The quantitative estimate of drug-likeness (QED) is 0.812. The van der Waals surface area contributed by atoms with Crippen LogP contribution < -0.4 is 9.44 Å². The van der Waals surface area contributed by atoms with Crippen molar-refractivity contribution in [3.05, 3.63) is 35.4 Å². The molecule has 112 valence electrons. The third kappa shape index (κ3) is 5.28. The molecule has 0 heterocycles. The van der Waals surface area contributed by atoms with Gasteiger partial charge in [-0.2, -0.15) is 17.9 Å². The summed E-state index contributed by atoms with van der Waals surface area (Å²) in [4.78, 5) is 13.2. The summed E-state index contributed by atoms with van der Waals surface area (Å²) < 4.78 is 28.1. The summed E-state index contributed by atoms with van der Waals surface area (Å²) in [6.45, 7) is 3.68. The van der Waals surface area contributed by atoms with E-state index in [-0.39, 0.29) is 18.5 Å². The summed E-state index contributed by atoms with van der Waals surface area (Å²) in [5, 5.41) is 0. The van der Waals surface area contributed by atoms with Crippen molar-refractivity contribution in [1.29, 1.82) is 0 Å². The van der Waals surface area contributed by atoms with Crippen LogP contribution >= 0.6 is 0 Å². The van der Waals surface area contributed by atoms with Gasteiger partial charge in [0, 0.05) is 32.2 Å². The molecular formula is C13H21N3O3S. The third-order valence-electron chi connectivity index (χ3n) is 2.46. The number of carbonyl (C=O) groups excluding carboxylic acids is 1. The van der Waals surface area contributed by atoms with Crippen LogP contribution in [-0.2, 0) is 16.8 Å². The second kappa shape index (κ2) is 6.83. The first-order chi connectivity index (χ1) is 9.21. The highest BCUT2D eigenvalue weighted by Crippen LogP contribution is 2.06. The van der Waals surface area contributed by atoms with E-state index in [1.165, 1.54) is 4.90 Å². The average Bonchev–Trinajstić information content (AvgIpc) is 2.34. The highest BCUT2D eigenvalue weighted by molar-refractivity contribution is 7.87. The predicted molar refractivity (Wildman–Crippen MR) is 78.5 cm³/mol. The smallest absolute Gasteiger partial charge is 0.277 e. The minimum Gasteiger partial charge on any atom is -0.345 e. The predicted octanol–water partition coefficient (Wildman–Crippen LogP) is 0.721. The molecule has 0 aliphatic rings. The maximum absolute atomic E-state index is 11.7. The second-order valence-corrected chi connectivity index (χ2v) is 6.52. The number of hydrogen-bond donors (Lipinski definition) is 2. The Labute approximate surface area is 120 Å². The minimum atomic E-state index is -3.49. The highest BCUT2D eigenvalue weighted by atomic mass is 32.2. The zero-order chi connectivity index (χ0) is 15.3. The Morgan fingerprint density at radius 1 is 1.20 bits per heavy atom. The van der Waals surface area contributed by atoms with E-state index in [0.717, 1.165) is 5.56 Å². The topological polar surface area (TPSA) is 78.5 Å². The van der Waals surface area contributed by atoms with Crippen LogP contribution in [0.3, 0.4) is 0 Å². The van der Waals surface area contributed by atoms with Crippen LogP contribution in [0.4, 0.5) is 0 Å². The molecule has 0 aromatic heterocycles. The van der Waals surface area contributed by atoms with E-state index >= 15 is 0 Å². The Hall–Kier alpha value is -1.44. The van der Waals surface area contributed by atoms with Gasteiger partial charge < -0.3 is 4.90 Å². The van der Waals surface area contributed by atoms with Gasteiger partial charge in [-0.25, -0.2) is 0 Å². The van der Waals surface area contributed by atoms with Crippen LogP contribution in [0, 0.1) is 0 Å². The maximum atomic E-state index is 11.7. The molecule has 0 unspecified atom stereocenters. The van der Waals surface area contributed by atoms with Gasteiger partial charge in [0.15, 0.2) is 0 Å². The molecule has 1 aromatic rings. The zero-order valence-corrected chi connectivity index (χ0v) is 13.0. The fraction of sp³-hybridized carbons (Fsp3) is 0.462. The molecule has 0 bridgehead atoms. The van der Waals surface area contributed by atoms with E-state index < -0.39 is 10.2 Å². The van der Waals surface area contributed by atoms with Gasteiger partial charge in [-0.15, -0.1) is 0 Å². The normalized spacial score (nSPS) is 11.7. The van der Waals surface area contributed by atoms with Gasteiger partial charge in [-0.05, 0) is 31.5 Å². The van der Waals surface area contributed by atoms with E-state index in [9.17, 15) is 13.2 Å². The number of nitrogens with zero attached hydrogens (tertiary/aromatic N) is 1. The van der Waals surface area contributed by atoms with Crippen molar-refractivity contribution in [2.24, 2.45) is 0 Å². The standard InChI is InChI=1S/C13H21N3O3S/c1-10(2)15-20(18,19)14-9-11-5-7-12(8-6-11)13(17)16(3)4/h5-8,10,14-15H,9H2,1-4H3. The summed E-state index contributed by atoms with van der Waals surface area (Å²) in [7, 11) is -0.129. The van der Waals surface area contributed by atoms with Crippen molar-refractivity contribution >= 4 is 16.1 Å². The second-order valence-electron chi connectivity index (χ2n) is 4.99. The molecule has 0 radical (unpaired) electrons. The van der Waals surface area contributed by atoms with E-state index in [2.05, 4.69) is 9.44 Å². The molecule has 0 saturated carbocycles. The SMILES string of the molecule is CC(C)NS(=O)(=O)NCc1ccc(C(=O)N(C)C)cc1. The lowest BCUT2D eigenvalue weighted by molar-refractivity contribution is 0.0827. The number of carbonyl (C=O) groups is 1. The third-order valence-corrected chi connectivity index (χ3v) is 3.77. The Bertz CT molecular complexity index is 551. The molecule has 1 aromatic carbocycles. The van der Waals surface area contributed by atoms with Crippen LogP contribution in [0.2, 0.25) is 0 Å². The average molecular weight is 299 g/mol. The number of rotatable bonds is 6. The van der Waals surface area contributed by atoms with Gasteiger partial charge in [-0.1, -0.05) is 12.1 Å². The van der Waals surface area contributed by atoms with Gasteiger partial charge in [0.25, 0.3) is 16.1 Å². The molecule has 0 saturated heterocycles. The van der Waals surface area contributed by atoms with Crippen molar-refractivity contribution < 1.29 is 13.2 Å². The minimum absolute atomic E-state index is 0.0846. The molecule has 6 nitrogen and oxygen atoms in total. The van der Waals surface area contributed by atoms with Crippen molar-refractivity contribution in [2.45, 2.75) is 26.4 Å². The van der Waals surface area contributed by atoms with Crippen LogP contribution in [-0.4, -0.2) is 39.4 Å². The van der Waals surface area contributed by atoms with E-state index in [1.54, 1.807) is 52.2 Å². The summed E-state index contributed by atoms with van der Waals surface area (Å²) in [6.07, 6.45) is 0. The first kappa shape index (κ1) is 16.6. The van der Waals surface area contributed by atoms with Gasteiger partial charge in [-0.3, -0.25) is 4.79 Å². The molecule has 0 atom stereocenters. The molecule has 20 heavy (non-hydrogen) atoms.